The zero-order chi connectivity index (χ0) is 18.0. The number of nitrogen functional groups attached to an aromatic ring is 1. The van der Waals surface area contributed by atoms with Gasteiger partial charge in [-0.3, -0.25) is 0 Å². The number of rotatable bonds is 1. The van der Waals surface area contributed by atoms with Gasteiger partial charge in [0.2, 0.25) is 0 Å². The summed E-state index contributed by atoms with van der Waals surface area (Å²) in [6.45, 7) is 9.52. The molecule has 0 bridgehead atoms. The van der Waals surface area contributed by atoms with Gasteiger partial charge in [0.05, 0.1) is 11.4 Å². The highest BCUT2D eigenvalue weighted by atomic mass is 16.6. The second-order valence-electron chi connectivity index (χ2n) is 7.36. The van der Waals surface area contributed by atoms with Gasteiger partial charge in [0, 0.05) is 38.3 Å². The fraction of sp³-hybridized carbons (Fsp3) is 0.611. The first-order chi connectivity index (χ1) is 11.8. The van der Waals surface area contributed by atoms with Gasteiger partial charge in [-0.1, -0.05) is 0 Å². The Balaban J connectivity index is 1.70. The summed E-state index contributed by atoms with van der Waals surface area (Å²) in [5, 5.41) is 0. The van der Waals surface area contributed by atoms with E-state index in [4.69, 9.17) is 19.9 Å². The zero-order valence-electron chi connectivity index (χ0n) is 15.2. The SMILES string of the molecule is CC(C)(C)OC(=O)N1CCCN(c2cc3c(cc2N)OCCO3)CC1. The summed E-state index contributed by atoms with van der Waals surface area (Å²) in [7, 11) is 0. The van der Waals surface area contributed by atoms with Crippen LogP contribution in [0.3, 0.4) is 0 Å². The molecular weight excluding hydrogens is 322 g/mol. The molecule has 1 fully saturated rings. The molecule has 0 spiro atoms. The van der Waals surface area contributed by atoms with Crippen molar-refractivity contribution in [3.05, 3.63) is 12.1 Å². The Hall–Kier alpha value is -2.31. The molecule has 0 saturated carbocycles. The molecule has 138 valence electrons. The van der Waals surface area contributed by atoms with Crippen LogP contribution in [0.4, 0.5) is 16.2 Å². The molecule has 2 heterocycles. The number of nitrogens with two attached hydrogens (primary N) is 1. The zero-order valence-corrected chi connectivity index (χ0v) is 15.2. The normalized spacial score (nSPS) is 17.9. The fourth-order valence-electron chi connectivity index (χ4n) is 3.04. The second kappa shape index (κ2) is 6.90. The molecule has 0 aromatic heterocycles. The van der Waals surface area contributed by atoms with Gasteiger partial charge in [-0.2, -0.15) is 0 Å². The third-order valence-electron chi connectivity index (χ3n) is 4.18. The molecule has 1 amide bonds. The highest BCUT2D eigenvalue weighted by molar-refractivity contribution is 5.74. The van der Waals surface area contributed by atoms with Crippen LogP contribution >= 0.6 is 0 Å². The number of hydrogen-bond acceptors (Lipinski definition) is 6. The van der Waals surface area contributed by atoms with Gasteiger partial charge in [0.1, 0.15) is 18.8 Å². The Labute approximate surface area is 148 Å². The van der Waals surface area contributed by atoms with Crippen molar-refractivity contribution < 1.29 is 19.0 Å². The summed E-state index contributed by atoms with van der Waals surface area (Å²) in [5.41, 5.74) is 7.33. The molecule has 3 rings (SSSR count). The lowest BCUT2D eigenvalue weighted by Gasteiger charge is -2.28. The maximum atomic E-state index is 12.3. The predicted molar refractivity (Wildman–Crippen MR) is 96.5 cm³/mol. The Morgan fingerprint density at radius 2 is 1.76 bits per heavy atom. The maximum absolute atomic E-state index is 12.3. The van der Waals surface area contributed by atoms with Crippen LogP contribution in [0.1, 0.15) is 27.2 Å². The molecule has 25 heavy (non-hydrogen) atoms. The Morgan fingerprint density at radius 3 is 2.44 bits per heavy atom. The number of benzene rings is 1. The van der Waals surface area contributed by atoms with E-state index in [-0.39, 0.29) is 6.09 Å². The Morgan fingerprint density at radius 1 is 1.08 bits per heavy atom. The Kier molecular flexibility index (Phi) is 4.83. The summed E-state index contributed by atoms with van der Waals surface area (Å²) >= 11 is 0. The lowest BCUT2D eigenvalue weighted by molar-refractivity contribution is 0.0263. The van der Waals surface area contributed by atoms with E-state index in [1.807, 2.05) is 32.9 Å². The van der Waals surface area contributed by atoms with E-state index in [9.17, 15) is 4.79 Å². The number of carbonyl (C=O) groups excluding carboxylic acids is 1. The van der Waals surface area contributed by atoms with Crippen LogP contribution in [-0.4, -0.2) is 56.0 Å². The Bertz CT molecular complexity index is 642. The first kappa shape index (κ1) is 17.5. The van der Waals surface area contributed by atoms with Crippen molar-refractivity contribution in [2.75, 3.05) is 50.0 Å². The third-order valence-corrected chi connectivity index (χ3v) is 4.18. The maximum Gasteiger partial charge on any atom is 0.410 e. The molecule has 1 saturated heterocycles. The van der Waals surface area contributed by atoms with E-state index in [0.29, 0.717) is 44.3 Å². The van der Waals surface area contributed by atoms with Gasteiger partial charge < -0.3 is 29.7 Å². The van der Waals surface area contributed by atoms with Crippen molar-refractivity contribution in [2.24, 2.45) is 0 Å². The van der Waals surface area contributed by atoms with Gasteiger partial charge in [0.25, 0.3) is 0 Å². The molecule has 2 aliphatic heterocycles. The molecule has 2 N–H and O–H groups in total. The minimum Gasteiger partial charge on any atom is -0.486 e. The van der Waals surface area contributed by atoms with Crippen molar-refractivity contribution in [1.82, 2.24) is 4.90 Å². The fourth-order valence-corrected chi connectivity index (χ4v) is 3.04. The minimum atomic E-state index is -0.483. The van der Waals surface area contributed by atoms with Crippen molar-refractivity contribution in [3.63, 3.8) is 0 Å². The average Bonchev–Trinajstić information content (AvgIpc) is 2.78. The molecule has 1 aromatic carbocycles. The summed E-state index contributed by atoms with van der Waals surface area (Å²) in [6.07, 6.45) is 0.595. The van der Waals surface area contributed by atoms with Crippen LogP contribution in [0.25, 0.3) is 0 Å². The van der Waals surface area contributed by atoms with Crippen LogP contribution in [-0.2, 0) is 4.74 Å². The predicted octanol–water partition coefficient (Wildman–Crippen LogP) is 2.49. The average molecular weight is 349 g/mol. The van der Waals surface area contributed by atoms with Crippen molar-refractivity contribution in [1.29, 1.82) is 0 Å². The van der Waals surface area contributed by atoms with E-state index in [1.165, 1.54) is 0 Å². The van der Waals surface area contributed by atoms with Crippen LogP contribution < -0.4 is 20.1 Å². The highest BCUT2D eigenvalue weighted by Gasteiger charge is 2.26. The van der Waals surface area contributed by atoms with Gasteiger partial charge in [-0.25, -0.2) is 4.79 Å². The number of amides is 1. The van der Waals surface area contributed by atoms with Crippen LogP contribution in [0.15, 0.2) is 12.1 Å². The standard InChI is InChI=1S/C18H27N3O4/c1-18(2,3)25-17(22)21-6-4-5-20(7-8-21)14-12-16-15(11-13(14)19)23-9-10-24-16/h11-12H,4-10,19H2,1-3H3. The molecular formula is C18H27N3O4. The van der Waals surface area contributed by atoms with E-state index in [1.54, 1.807) is 4.90 Å². The summed E-state index contributed by atoms with van der Waals surface area (Å²) in [4.78, 5) is 16.2. The monoisotopic (exact) mass is 349 g/mol. The highest BCUT2D eigenvalue weighted by Crippen LogP contribution is 2.38. The quantitative estimate of drug-likeness (QED) is 0.785. The van der Waals surface area contributed by atoms with E-state index >= 15 is 0 Å². The summed E-state index contributed by atoms with van der Waals surface area (Å²) in [6, 6.07) is 3.76. The summed E-state index contributed by atoms with van der Waals surface area (Å²) < 4.78 is 16.7. The van der Waals surface area contributed by atoms with Crippen molar-refractivity contribution >= 4 is 17.5 Å². The molecule has 7 nitrogen and oxygen atoms in total. The second-order valence-corrected chi connectivity index (χ2v) is 7.36. The molecule has 0 aliphatic carbocycles. The topological polar surface area (TPSA) is 77.3 Å². The lowest BCUT2D eigenvalue weighted by atomic mass is 10.2. The van der Waals surface area contributed by atoms with E-state index < -0.39 is 5.60 Å². The number of nitrogens with zero attached hydrogens (tertiary/aromatic N) is 2. The first-order valence-corrected chi connectivity index (χ1v) is 8.75. The molecule has 7 heteroatoms. The van der Waals surface area contributed by atoms with Gasteiger partial charge in [0.15, 0.2) is 11.5 Å². The largest absolute Gasteiger partial charge is 0.486 e. The van der Waals surface area contributed by atoms with Crippen molar-refractivity contribution in [2.45, 2.75) is 32.8 Å². The van der Waals surface area contributed by atoms with Gasteiger partial charge in [-0.05, 0) is 27.2 Å². The molecule has 0 unspecified atom stereocenters. The molecule has 1 aromatic rings. The number of carbonyl (C=O) groups is 1. The molecule has 0 radical (unpaired) electrons. The van der Waals surface area contributed by atoms with Crippen molar-refractivity contribution in [3.8, 4) is 11.5 Å². The smallest absolute Gasteiger partial charge is 0.410 e. The first-order valence-electron chi connectivity index (χ1n) is 8.75. The lowest BCUT2D eigenvalue weighted by Crippen LogP contribution is -2.39. The summed E-state index contributed by atoms with van der Waals surface area (Å²) in [5.74, 6) is 1.42. The van der Waals surface area contributed by atoms with Gasteiger partial charge in [-0.15, -0.1) is 0 Å². The van der Waals surface area contributed by atoms with E-state index in [2.05, 4.69) is 4.90 Å². The number of ether oxygens (including phenoxy) is 3. The van der Waals surface area contributed by atoms with Gasteiger partial charge >= 0.3 is 6.09 Å². The van der Waals surface area contributed by atoms with Crippen LogP contribution in [0.2, 0.25) is 0 Å². The van der Waals surface area contributed by atoms with E-state index in [0.717, 1.165) is 24.4 Å². The molecule has 2 aliphatic rings. The van der Waals surface area contributed by atoms with Crippen LogP contribution in [0.5, 0.6) is 11.5 Å². The third kappa shape index (κ3) is 4.21. The molecule has 0 atom stereocenters. The number of fused-ring (bicyclic) bond motifs is 1. The minimum absolute atomic E-state index is 0.260. The number of anilines is 2. The van der Waals surface area contributed by atoms with Crippen LogP contribution in [0, 0.1) is 0 Å². The number of hydrogen-bond donors (Lipinski definition) is 1.